The normalized spacial score (nSPS) is 11.8. The predicted octanol–water partition coefficient (Wildman–Crippen LogP) is 0.191. The van der Waals surface area contributed by atoms with Gasteiger partial charge in [-0.1, -0.05) is 17.7 Å². The molecule has 1 atom stereocenters. The number of benzene rings is 1. The molecular weight excluding hydrogens is 272 g/mol. The molecule has 21 heavy (non-hydrogen) atoms. The number of aryl methyl sites for hydroxylation is 1. The lowest BCUT2D eigenvalue weighted by Gasteiger charge is -2.20. The fourth-order valence-corrected chi connectivity index (χ4v) is 1.84. The van der Waals surface area contributed by atoms with Crippen LogP contribution in [0.2, 0.25) is 0 Å². The van der Waals surface area contributed by atoms with E-state index in [1.807, 2.05) is 13.0 Å². The van der Waals surface area contributed by atoms with Gasteiger partial charge in [-0.05, 0) is 19.1 Å². The van der Waals surface area contributed by atoms with E-state index < -0.39 is 6.10 Å². The maximum absolute atomic E-state index is 11.9. The SMILES string of the molecule is COCC(O)CN(C)C(=O)CNC(=O)c1cccc(C)c1. The van der Waals surface area contributed by atoms with Gasteiger partial charge in [-0.15, -0.1) is 0 Å². The summed E-state index contributed by atoms with van der Waals surface area (Å²) < 4.78 is 4.79. The van der Waals surface area contributed by atoms with Crippen LogP contribution in [0.1, 0.15) is 15.9 Å². The first-order valence-electron chi connectivity index (χ1n) is 6.70. The highest BCUT2D eigenvalue weighted by molar-refractivity contribution is 5.96. The van der Waals surface area contributed by atoms with Gasteiger partial charge in [-0.3, -0.25) is 9.59 Å². The first-order chi connectivity index (χ1) is 9.93. The molecule has 0 bridgehead atoms. The summed E-state index contributed by atoms with van der Waals surface area (Å²) in [5.41, 5.74) is 1.50. The topological polar surface area (TPSA) is 78.9 Å². The highest BCUT2D eigenvalue weighted by Gasteiger charge is 2.15. The van der Waals surface area contributed by atoms with Gasteiger partial charge in [-0.2, -0.15) is 0 Å². The summed E-state index contributed by atoms with van der Waals surface area (Å²) in [6, 6.07) is 7.14. The summed E-state index contributed by atoms with van der Waals surface area (Å²) in [4.78, 5) is 25.1. The van der Waals surface area contributed by atoms with Gasteiger partial charge < -0.3 is 20.1 Å². The lowest BCUT2D eigenvalue weighted by molar-refractivity contribution is -0.130. The molecule has 1 aromatic rings. The van der Waals surface area contributed by atoms with Crippen LogP contribution in [0, 0.1) is 6.92 Å². The van der Waals surface area contributed by atoms with Crippen molar-refractivity contribution in [2.75, 3.05) is 33.9 Å². The fourth-order valence-electron chi connectivity index (χ4n) is 1.84. The molecule has 0 saturated carbocycles. The van der Waals surface area contributed by atoms with Crippen LogP contribution in [0.15, 0.2) is 24.3 Å². The molecule has 6 heteroatoms. The first-order valence-corrected chi connectivity index (χ1v) is 6.70. The van der Waals surface area contributed by atoms with Crippen molar-refractivity contribution in [3.63, 3.8) is 0 Å². The second kappa shape index (κ2) is 8.39. The Bertz CT molecular complexity index is 490. The van der Waals surface area contributed by atoms with Crippen LogP contribution in [0.4, 0.5) is 0 Å². The molecular formula is C15H22N2O4. The molecule has 0 radical (unpaired) electrons. The summed E-state index contributed by atoms with van der Waals surface area (Å²) in [7, 11) is 3.05. The Kier molecular flexibility index (Phi) is 6.84. The summed E-state index contributed by atoms with van der Waals surface area (Å²) in [6.45, 7) is 2.11. The Morgan fingerprint density at radius 2 is 2.14 bits per heavy atom. The molecule has 1 unspecified atom stereocenters. The average molecular weight is 294 g/mol. The highest BCUT2D eigenvalue weighted by atomic mass is 16.5. The Hall–Kier alpha value is -1.92. The molecule has 6 nitrogen and oxygen atoms in total. The van der Waals surface area contributed by atoms with Gasteiger partial charge in [0.2, 0.25) is 5.91 Å². The van der Waals surface area contributed by atoms with Crippen LogP contribution in [0.5, 0.6) is 0 Å². The Morgan fingerprint density at radius 1 is 1.43 bits per heavy atom. The molecule has 0 heterocycles. The molecule has 2 amide bonds. The van der Waals surface area contributed by atoms with Gasteiger partial charge in [-0.25, -0.2) is 0 Å². The maximum Gasteiger partial charge on any atom is 0.251 e. The van der Waals surface area contributed by atoms with E-state index in [9.17, 15) is 14.7 Å². The van der Waals surface area contributed by atoms with Crippen LogP contribution in [0.25, 0.3) is 0 Å². The number of aliphatic hydroxyl groups excluding tert-OH is 1. The maximum atomic E-state index is 11.9. The zero-order chi connectivity index (χ0) is 15.8. The molecule has 1 rings (SSSR count). The number of carbonyl (C=O) groups excluding carboxylic acids is 2. The number of carbonyl (C=O) groups is 2. The molecule has 0 aliphatic carbocycles. The molecule has 116 valence electrons. The zero-order valence-corrected chi connectivity index (χ0v) is 12.6. The number of aliphatic hydroxyl groups is 1. The van der Waals surface area contributed by atoms with Gasteiger partial charge in [0.1, 0.15) is 0 Å². The first kappa shape index (κ1) is 17.1. The second-order valence-electron chi connectivity index (χ2n) is 4.94. The lowest BCUT2D eigenvalue weighted by Crippen LogP contribution is -2.42. The molecule has 0 aliphatic heterocycles. The van der Waals surface area contributed by atoms with Crippen LogP contribution in [-0.4, -0.2) is 61.8 Å². The van der Waals surface area contributed by atoms with Crippen molar-refractivity contribution < 1.29 is 19.4 Å². The van der Waals surface area contributed by atoms with E-state index in [-0.39, 0.29) is 31.5 Å². The monoisotopic (exact) mass is 294 g/mol. The minimum atomic E-state index is -0.739. The summed E-state index contributed by atoms with van der Waals surface area (Å²) in [6.07, 6.45) is -0.739. The molecule has 0 aromatic heterocycles. The van der Waals surface area contributed by atoms with Crippen LogP contribution in [0.3, 0.4) is 0 Å². The van der Waals surface area contributed by atoms with Crippen molar-refractivity contribution in [3.8, 4) is 0 Å². The van der Waals surface area contributed by atoms with Crippen molar-refractivity contribution in [2.45, 2.75) is 13.0 Å². The number of amides is 2. The smallest absolute Gasteiger partial charge is 0.251 e. The van der Waals surface area contributed by atoms with Gasteiger partial charge >= 0.3 is 0 Å². The van der Waals surface area contributed by atoms with Crippen LogP contribution >= 0.6 is 0 Å². The number of likely N-dealkylation sites (N-methyl/N-ethyl adjacent to an activating group) is 1. The largest absolute Gasteiger partial charge is 0.389 e. The average Bonchev–Trinajstić information content (AvgIpc) is 2.44. The Morgan fingerprint density at radius 3 is 2.76 bits per heavy atom. The molecule has 0 saturated heterocycles. The van der Waals surface area contributed by atoms with Crippen molar-refractivity contribution in [1.29, 1.82) is 0 Å². The fraction of sp³-hybridized carbons (Fsp3) is 0.467. The minimum absolute atomic E-state index is 0.108. The van der Waals surface area contributed by atoms with E-state index in [4.69, 9.17) is 4.74 Å². The number of ether oxygens (including phenoxy) is 1. The second-order valence-corrected chi connectivity index (χ2v) is 4.94. The van der Waals surface area contributed by atoms with Gasteiger partial charge in [0.15, 0.2) is 0 Å². The number of hydrogen-bond acceptors (Lipinski definition) is 4. The number of hydrogen-bond donors (Lipinski definition) is 2. The van der Waals surface area contributed by atoms with E-state index >= 15 is 0 Å². The molecule has 2 N–H and O–H groups in total. The van der Waals surface area contributed by atoms with Crippen molar-refractivity contribution in [1.82, 2.24) is 10.2 Å². The number of rotatable bonds is 7. The van der Waals surface area contributed by atoms with E-state index in [0.717, 1.165) is 5.56 Å². The van der Waals surface area contributed by atoms with Crippen molar-refractivity contribution in [2.24, 2.45) is 0 Å². The van der Waals surface area contributed by atoms with Gasteiger partial charge in [0, 0.05) is 26.3 Å². The minimum Gasteiger partial charge on any atom is -0.389 e. The molecule has 0 fully saturated rings. The van der Waals surface area contributed by atoms with E-state index in [1.165, 1.54) is 12.0 Å². The molecule has 0 spiro atoms. The Balaban J connectivity index is 2.43. The summed E-state index contributed by atoms with van der Waals surface area (Å²) in [5, 5.41) is 12.1. The quantitative estimate of drug-likeness (QED) is 0.752. The number of nitrogens with one attached hydrogen (secondary N) is 1. The number of nitrogens with zero attached hydrogens (tertiary/aromatic N) is 1. The third kappa shape index (κ3) is 5.93. The standard InChI is InChI=1S/C15H22N2O4/c1-11-5-4-6-12(7-11)15(20)16-8-14(19)17(2)9-13(18)10-21-3/h4-7,13,18H,8-10H2,1-3H3,(H,16,20). The van der Waals surface area contributed by atoms with Crippen molar-refractivity contribution in [3.05, 3.63) is 35.4 Å². The third-order valence-corrected chi connectivity index (χ3v) is 2.95. The van der Waals surface area contributed by atoms with E-state index in [1.54, 1.807) is 25.2 Å². The lowest BCUT2D eigenvalue weighted by atomic mass is 10.1. The zero-order valence-electron chi connectivity index (χ0n) is 12.6. The number of methoxy groups -OCH3 is 1. The van der Waals surface area contributed by atoms with E-state index in [0.29, 0.717) is 5.56 Å². The molecule has 0 aliphatic rings. The third-order valence-electron chi connectivity index (χ3n) is 2.95. The predicted molar refractivity (Wildman–Crippen MR) is 79.0 cm³/mol. The Labute approximate surface area is 124 Å². The van der Waals surface area contributed by atoms with E-state index in [2.05, 4.69) is 5.32 Å². The van der Waals surface area contributed by atoms with Crippen LogP contribution in [-0.2, 0) is 9.53 Å². The van der Waals surface area contributed by atoms with Crippen LogP contribution < -0.4 is 5.32 Å². The van der Waals surface area contributed by atoms with Gasteiger partial charge in [0.05, 0.1) is 19.3 Å². The van der Waals surface area contributed by atoms with Crippen molar-refractivity contribution >= 4 is 11.8 Å². The van der Waals surface area contributed by atoms with Gasteiger partial charge in [0.25, 0.3) is 5.91 Å². The highest BCUT2D eigenvalue weighted by Crippen LogP contribution is 2.03. The summed E-state index contributed by atoms with van der Waals surface area (Å²) >= 11 is 0. The summed E-state index contributed by atoms with van der Waals surface area (Å²) in [5.74, 6) is -0.566. The molecule has 1 aromatic carbocycles.